The number of urea groups is 1. The zero-order valence-corrected chi connectivity index (χ0v) is 14.2. The van der Waals surface area contributed by atoms with E-state index in [9.17, 15) is 18.0 Å². The minimum Gasteiger partial charge on any atom is -0.334 e. The van der Waals surface area contributed by atoms with E-state index in [1.165, 1.54) is 4.90 Å². The fourth-order valence-corrected chi connectivity index (χ4v) is 2.80. The molecule has 25 heavy (non-hydrogen) atoms. The third-order valence-electron chi connectivity index (χ3n) is 3.72. The van der Waals surface area contributed by atoms with Crippen LogP contribution in [-0.4, -0.2) is 32.2 Å². The molecule has 0 atom stereocenters. The predicted octanol–water partition coefficient (Wildman–Crippen LogP) is 3.33. The third kappa shape index (κ3) is 3.82. The number of rotatable bonds is 2. The monoisotopic (exact) mass is 393 g/mol. The second-order valence-corrected chi connectivity index (χ2v) is 6.23. The van der Waals surface area contributed by atoms with Crippen LogP contribution in [0.15, 0.2) is 18.2 Å². The van der Waals surface area contributed by atoms with Gasteiger partial charge < -0.3 is 14.8 Å². The van der Waals surface area contributed by atoms with Crippen LogP contribution < -0.4 is 5.32 Å². The Balaban J connectivity index is 1.63. The quantitative estimate of drug-likeness (QED) is 0.850. The number of carbonyl (C=O) groups excluding carboxylic acids is 1. The highest BCUT2D eigenvalue weighted by atomic mass is 35.5. The molecule has 1 aromatic carbocycles. The maximum Gasteiger partial charge on any atom is 0.451 e. The summed E-state index contributed by atoms with van der Waals surface area (Å²) in [6.07, 6.45) is -4.57. The summed E-state index contributed by atoms with van der Waals surface area (Å²) in [7, 11) is 0. The Kier molecular flexibility index (Phi) is 4.79. The van der Waals surface area contributed by atoms with Crippen molar-refractivity contribution in [1.82, 2.24) is 25.0 Å². The van der Waals surface area contributed by atoms with Crippen LogP contribution in [0.5, 0.6) is 0 Å². The van der Waals surface area contributed by atoms with E-state index in [-0.39, 0.29) is 32.0 Å². The van der Waals surface area contributed by atoms with Crippen molar-refractivity contribution in [3.63, 3.8) is 0 Å². The molecule has 2 heterocycles. The summed E-state index contributed by atoms with van der Waals surface area (Å²) in [5, 5.41) is 10.2. The number of nitrogens with one attached hydrogen (secondary N) is 1. The number of alkyl halides is 3. The van der Waals surface area contributed by atoms with Crippen LogP contribution in [0.2, 0.25) is 10.0 Å². The highest BCUT2D eigenvalue weighted by molar-refractivity contribution is 6.42. The highest BCUT2D eigenvalue weighted by Crippen LogP contribution is 2.29. The summed E-state index contributed by atoms with van der Waals surface area (Å²) in [5.74, 6) is -0.943. The number of benzene rings is 1. The molecule has 1 aromatic heterocycles. The number of halogens is 5. The van der Waals surface area contributed by atoms with Gasteiger partial charge in [-0.15, -0.1) is 10.2 Å². The Morgan fingerprint density at radius 3 is 2.64 bits per heavy atom. The van der Waals surface area contributed by atoms with Crippen molar-refractivity contribution in [3.8, 4) is 0 Å². The van der Waals surface area contributed by atoms with Crippen molar-refractivity contribution in [2.75, 3.05) is 6.54 Å². The summed E-state index contributed by atoms with van der Waals surface area (Å²) < 4.78 is 39.4. The molecule has 0 fully saturated rings. The van der Waals surface area contributed by atoms with Gasteiger partial charge >= 0.3 is 12.2 Å². The van der Waals surface area contributed by atoms with Crippen molar-refractivity contribution in [3.05, 3.63) is 45.5 Å². The second kappa shape index (κ2) is 6.72. The van der Waals surface area contributed by atoms with E-state index in [0.29, 0.717) is 10.0 Å². The summed E-state index contributed by atoms with van der Waals surface area (Å²) in [6.45, 7) is 0.279. The van der Waals surface area contributed by atoms with E-state index in [1.807, 2.05) is 0 Å². The number of nitrogens with zero attached hydrogens (tertiary/aromatic N) is 4. The number of aromatic nitrogens is 3. The summed E-state index contributed by atoms with van der Waals surface area (Å²) >= 11 is 11.7. The van der Waals surface area contributed by atoms with Gasteiger partial charge in [-0.2, -0.15) is 13.2 Å². The lowest BCUT2D eigenvalue weighted by Gasteiger charge is -2.28. The molecule has 0 unspecified atom stereocenters. The summed E-state index contributed by atoms with van der Waals surface area (Å²) in [5.41, 5.74) is 0.752. The van der Waals surface area contributed by atoms with Gasteiger partial charge in [0.25, 0.3) is 0 Å². The van der Waals surface area contributed by atoms with Gasteiger partial charge in [-0.05, 0) is 17.7 Å². The van der Waals surface area contributed by atoms with Crippen LogP contribution in [0.25, 0.3) is 0 Å². The van der Waals surface area contributed by atoms with E-state index in [4.69, 9.17) is 23.2 Å². The molecule has 1 aliphatic heterocycles. The van der Waals surface area contributed by atoms with Crippen molar-refractivity contribution >= 4 is 29.2 Å². The fourth-order valence-electron chi connectivity index (χ4n) is 2.48. The lowest BCUT2D eigenvalue weighted by atomic mass is 10.2. The van der Waals surface area contributed by atoms with Gasteiger partial charge in [0, 0.05) is 19.6 Å². The van der Waals surface area contributed by atoms with Crippen molar-refractivity contribution in [1.29, 1.82) is 0 Å². The average molecular weight is 394 g/mol. The maximum absolute atomic E-state index is 12.8. The lowest BCUT2D eigenvalue weighted by Crippen LogP contribution is -2.44. The topological polar surface area (TPSA) is 63.1 Å². The van der Waals surface area contributed by atoms with Gasteiger partial charge in [0.15, 0.2) is 5.82 Å². The van der Waals surface area contributed by atoms with Crippen LogP contribution in [0.4, 0.5) is 18.0 Å². The van der Waals surface area contributed by atoms with Crippen molar-refractivity contribution in [2.45, 2.75) is 25.8 Å². The number of hydrogen-bond donors (Lipinski definition) is 1. The van der Waals surface area contributed by atoms with Gasteiger partial charge in [0.1, 0.15) is 0 Å². The molecule has 3 rings (SSSR count). The summed E-state index contributed by atoms with van der Waals surface area (Å²) in [6, 6.07) is 4.56. The minimum atomic E-state index is -4.57. The molecular weight excluding hydrogens is 382 g/mol. The van der Waals surface area contributed by atoms with E-state index in [0.717, 1.165) is 10.1 Å². The molecule has 0 saturated heterocycles. The molecule has 1 N–H and O–H groups in total. The molecule has 0 aliphatic carbocycles. The molecule has 0 radical (unpaired) electrons. The fraction of sp³-hybridized carbons (Fsp3) is 0.357. The van der Waals surface area contributed by atoms with Crippen LogP contribution in [0.3, 0.4) is 0 Å². The molecule has 0 bridgehead atoms. The zero-order chi connectivity index (χ0) is 18.2. The molecule has 2 aromatic rings. The van der Waals surface area contributed by atoms with Crippen LogP contribution in [0.1, 0.15) is 17.2 Å². The van der Waals surface area contributed by atoms with E-state index < -0.39 is 18.0 Å². The van der Waals surface area contributed by atoms with Gasteiger partial charge in [0.2, 0.25) is 5.82 Å². The highest BCUT2D eigenvalue weighted by Gasteiger charge is 2.39. The average Bonchev–Trinajstić information content (AvgIpc) is 2.99. The first-order chi connectivity index (χ1) is 11.8. The number of amides is 2. The third-order valence-corrected chi connectivity index (χ3v) is 4.46. The SMILES string of the molecule is O=C(NCc1ccc(Cl)c(Cl)c1)N1CCn2c(nnc2C(F)(F)F)C1. The van der Waals surface area contributed by atoms with Crippen molar-refractivity contribution in [2.24, 2.45) is 0 Å². The minimum absolute atomic E-state index is 0.0165. The van der Waals surface area contributed by atoms with Crippen molar-refractivity contribution < 1.29 is 18.0 Å². The number of fused-ring (bicyclic) bond motifs is 1. The molecule has 1 aliphatic rings. The van der Waals surface area contributed by atoms with Crippen LogP contribution in [-0.2, 0) is 25.8 Å². The maximum atomic E-state index is 12.8. The number of carbonyl (C=O) groups is 1. The molecule has 2 amide bonds. The Bertz CT molecular complexity index is 808. The smallest absolute Gasteiger partial charge is 0.334 e. The normalized spacial score (nSPS) is 14.4. The zero-order valence-electron chi connectivity index (χ0n) is 12.6. The predicted molar refractivity (Wildman–Crippen MR) is 84.1 cm³/mol. The van der Waals surface area contributed by atoms with E-state index in [1.54, 1.807) is 18.2 Å². The standard InChI is InChI=1S/C14H12Cl2F3N5O/c15-9-2-1-8(5-10(9)16)6-20-13(25)23-3-4-24-11(7-23)21-22-12(24)14(17,18)19/h1-2,5H,3-4,6-7H2,(H,20,25). The van der Waals surface area contributed by atoms with Crippen LogP contribution in [0, 0.1) is 0 Å². The van der Waals surface area contributed by atoms with Gasteiger partial charge in [0.05, 0.1) is 16.6 Å². The van der Waals surface area contributed by atoms with Gasteiger partial charge in [-0.3, -0.25) is 0 Å². The molecule has 134 valence electrons. The lowest BCUT2D eigenvalue weighted by molar-refractivity contribution is -0.147. The second-order valence-electron chi connectivity index (χ2n) is 5.42. The molecule has 0 spiro atoms. The molecular formula is C14H12Cl2F3N5O. The van der Waals surface area contributed by atoms with Gasteiger partial charge in [-0.1, -0.05) is 29.3 Å². The Hall–Kier alpha value is -2.00. The Labute approximate surface area is 150 Å². The van der Waals surface area contributed by atoms with E-state index >= 15 is 0 Å². The summed E-state index contributed by atoms with van der Waals surface area (Å²) in [4.78, 5) is 13.6. The first kappa shape index (κ1) is 17.8. The first-order valence-electron chi connectivity index (χ1n) is 7.21. The van der Waals surface area contributed by atoms with Crippen LogP contribution >= 0.6 is 23.2 Å². The Morgan fingerprint density at radius 1 is 1.20 bits per heavy atom. The molecule has 6 nitrogen and oxygen atoms in total. The first-order valence-corrected chi connectivity index (χ1v) is 7.97. The van der Waals surface area contributed by atoms with Gasteiger partial charge in [-0.25, -0.2) is 4.79 Å². The van der Waals surface area contributed by atoms with E-state index in [2.05, 4.69) is 15.5 Å². The largest absolute Gasteiger partial charge is 0.451 e. The molecule has 11 heteroatoms. The Morgan fingerprint density at radius 2 is 1.96 bits per heavy atom. The molecule has 0 saturated carbocycles. The number of hydrogen-bond acceptors (Lipinski definition) is 3.